The first-order valence-electron chi connectivity index (χ1n) is 5.07. The van der Waals surface area contributed by atoms with E-state index >= 15 is 0 Å². The van der Waals surface area contributed by atoms with Gasteiger partial charge in [-0.05, 0) is 29.3 Å². The minimum absolute atomic E-state index is 0.893. The first-order valence-corrected chi connectivity index (χ1v) is 5.95. The first kappa shape index (κ1) is 10.4. The molecular weight excluding hydrogens is 202 g/mol. The lowest BCUT2D eigenvalue weighted by Crippen LogP contribution is -2.14. The second-order valence-electron chi connectivity index (χ2n) is 3.82. The van der Waals surface area contributed by atoms with E-state index < -0.39 is 0 Å². The lowest BCUT2D eigenvalue weighted by atomic mass is 10.2. The highest BCUT2D eigenvalue weighted by Crippen LogP contribution is 2.25. The SMILES string of the molecule is C=C(C)CNCc1csc2ccccc12. The van der Waals surface area contributed by atoms with Crippen molar-refractivity contribution in [3.05, 3.63) is 47.4 Å². The molecule has 78 valence electrons. The fourth-order valence-corrected chi connectivity index (χ4v) is 2.54. The fourth-order valence-electron chi connectivity index (χ4n) is 1.58. The Kier molecular flexibility index (Phi) is 3.19. The van der Waals surface area contributed by atoms with Crippen LogP contribution >= 0.6 is 11.3 Å². The molecule has 2 rings (SSSR count). The number of thiophene rings is 1. The van der Waals surface area contributed by atoms with E-state index in [0.717, 1.165) is 13.1 Å². The molecule has 0 aliphatic carbocycles. The zero-order valence-corrected chi connectivity index (χ0v) is 9.73. The van der Waals surface area contributed by atoms with Crippen LogP contribution in [-0.2, 0) is 6.54 Å². The molecule has 1 N–H and O–H groups in total. The third kappa shape index (κ3) is 2.46. The minimum atomic E-state index is 0.893. The van der Waals surface area contributed by atoms with Crippen molar-refractivity contribution in [2.75, 3.05) is 6.54 Å². The Hall–Kier alpha value is -1.12. The number of fused-ring (bicyclic) bond motifs is 1. The number of nitrogens with one attached hydrogen (secondary N) is 1. The van der Waals surface area contributed by atoms with Gasteiger partial charge in [-0.2, -0.15) is 0 Å². The summed E-state index contributed by atoms with van der Waals surface area (Å²) in [6.07, 6.45) is 0. The number of rotatable bonds is 4. The third-order valence-electron chi connectivity index (χ3n) is 2.30. The van der Waals surface area contributed by atoms with Crippen molar-refractivity contribution < 1.29 is 0 Å². The maximum Gasteiger partial charge on any atom is 0.0346 e. The number of hydrogen-bond donors (Lipinski definition) is 1. The summed E-state index contributed by atoms with van der Waals surface area (Å²) in [5.74, 6) is 0. The van der Waals surface area contributed by atoms with Crippen LogP contribution in [0.15, 0.2) is 41.8 Å². The van der Waals surface area contributed by atoms with E-state index in [-0.39, 0.29) is 0 Å². The number of benzene rings is 1. The van der Waals surface area contributed by atoms with Crippen molar-refractivity contribution in [2.45, 2.75) is 13.5 Å². The monoisotopic (exact) mass is 217 g/mol. The van der Waals surface area contributed by atoms with Gasteiger partial charge < -0.3 is 5.32 Å². The summed E-state index contributed by atoms with van der Waals surface area (Å²) < 4.78 is 1.37. The molecular formula is C13H15NS. The lowest BCUT2D eigenvalue weighted by molar-refractivity contribution is 0.746. The molecule has 0 bridgehead atoms. The summed E-state index contributed by atoms with van der Waals surface area (Å²) in [5.41, 5.74) is 2.56. The van der Waals surface area contributed by atoms with Gasteiger partial charge in [0.25, 0.3) is 0 Å². The molecule has 0 aliphatic rings. The molecule has 2 heteroatoms. The molecule has 0 unspecified atom stereocenters. The third-order valence-corrected chi connectivity index (χ3v) is 3.32. The van der Waals surface area contributed by atoms with E-state index in [9.17, 15) is 0 Å². The average Bonchev–Trinajstić information content (AvgIpc) is 2.62. The van der Waals surface area contributed by atoms with Crippen molar-refractivity contribution in [3.63, 3.8) is 0 Å². The predicted molar refractivity (Wildman–Crippen MR) is 68.3 cm³/mol. The molecule has 0 radical (unpaired) electrons. The summed E-state index contributed by atoms with van der Waals surface area (Å²) in [7, 11) is 0. The molecule has 15 heavy (non-hydrogen) atoms. The summed E-state index contributed by atoms with van der Waals surface area (Å²) >= 11 is 1.81. The van der Waals surface area contributed by atoms with Crippen molar-refractivity contribution in [1.29, 1.82) is 0 Å². The van der Waals surface area contributed by atoms with Gasteiger partial charge in [-0.1, -0.05) is 30.4 Å². The van der Waals surface area contributed by atoms with Gasteiger partial charge in [0.2, 0.25) is 0 Å². The fraction of sp³-hybridized carbons (Fsp3) is 0.231. The van der Waals surface area contributed by atoms with E-state index in [1.165, 1.54) is 21.2 Å². The molecule has 1 aromatic heterocycles. The second kappa shape index (κ2) is 4.60. The van der Waals surface area contributed by atoms with Crippen LogP contribution in [0.2, 0.25) is 0 Å². The van der Waals surface area contributed by atoms with Crippen LogP contribution in [0.25, 0.3) is 10.1 Å². The molecule has 0 spiro atoms. The first-order chi connectivity index (χ1) is 7.27. The van der Waals surface area contributed by atoms with Crippen molar-refractivity contribution in [1.82, 2.24) is 5.32 Å². The van der Waals surface area contributed by atoms with E-state index in [1.807, 2.05) is 18.3 Å². The number of hydrogen-bond acceptors (Lipinski definition) is 2. The van der Waals surface area contributed by atoms with Gasteiger partial charge in [0.1, 0.15) is 0 Å². The Balaban J connectivity index is 2.11. The maximum absolute atomic E-state index is 3.88. The van der Waals surface area contributed by atoms with Gasteiger partial charge in [-0.25, -0.2) is 0 Å². The molecule has 2 aromatic rings. The highest BCUT2D eigenvalue weighted by Gasteiger charge is 2.01. The molecule has 0 saturated heterocycles. The van der Waals surface area contributed by atoms with E-state index in [4.69, 9.17) is 0 Å². The Morgan fingerprint density at radius 1 is 1.40 bits per heavy atom. The van der Waals surface area contributed by atoms with Crippen LogP contribution in [0, 0.1) is 0 Å². The van der Waals surface area contributed by atoms with Crippen LogP contribution in [0.4, 0.5) is 0 Å². The minimum Gasteiger partial charge on any atom is -0.309 e. The van der Waals surface area contributed by atoms with Gasteiger partial charge in [0.05, 0.1) is 0 Å². The van der Waals surface area contributed by atoms with Crippen LogP contribution < -0.4 is 5.32 Å². The standard InChI is InChI=1S/C13H15NS/c1-10(2)7-14-8-11-9-15-13-6-4-3-5-12(11)13/h3-6,9,14H,1,7-8H2,2H3. The smallest absolute Gasteiger partial charge is 0.0346 e. The highest BCUT2D eigenvalue weighted by atomic mass is 32.1. The van der Waals surface area contributed by atoms with E-state index in [1.54, 1.807) is 0 Å². The quantitative estimate of drug-likeness (QED) is 0.772. The van der Waals surface area contributed by atoms with Gasteiger partial charge in [0.15, 0.2) is 0 Å². The predicted octanol–water partition coefficient (Wildman–Crippen LogP) is 3.57. The largest absolute Gasteiger partial charge is 0.309 e. The van der Waals surface area contributed by atoms with Gasteiger partial charge in [-0.3, -0.25) is 0 Å². The molecule has 1 aromatic carbocycles. The van der Waals surface area contributed by atoms with Gasteiger partial charge in [-0.15, -0.1) is 11.3 Å². The molecule has 0 saturated carbocycles. The Morgan fingerprint density at radius 2 is 2.20 bits per heavy atom. The van der Waals surface area contributed by atoms with Crippen LogP contribution in [-0.4, -0.2) is 6.54 Å². The molecule has 0 atom stereocenters. The van der Waals surface area contributed by atoms with Crippen LogP contribution in [0.1, 0.15) is 12.5 Å². The van der Waals surface area contributed by atoms with E-state index in [0.29, 0.717) is 0 Å². The average molecular weight is 217 g/mol. The van der Waals surface area contributed by atoms with Crippen LogP contribution in [0.5, 0.6) is 0 Å². The topological polar surface area (TPSA) is 12.0 Å². The highest BCUT2D eigenvalue weighted by molar-refractivity contribution is 7.17. The molecule has 0 fully saturated rings. The van der Waals surface area contributed by atoms with Crippen LogP contribution in [0.3, 0.4) is 0 Å². The maximum atomic E-state index is 3.88. The van der Waals surface area contributed by atoms with E-state index in [2.05, 4.69) is 41.5 Å². The Bertz CT molecular complexity index is 470. The summed E-state index contributed by atoms with van der Waals surface area (Å²) in [5, 5.41) is 6.99. The van der Waals surface area contributed by atoms with Crippen molar-refractivity contribution in [3.8, 4) is 0 Å². The van der Waals surface area contributed by atoms with Gasteiger partial charge >= 0.3 is 0 Å². The summed E-state index contributed by atoms with van der Waals surface area (Å²) in [6.45, 7) is 7.74. The Morgan fingerprint density at radius 3 is 3.00 bits per heavy atom. The molecule has 0 amide bonds. The zero-order chi connectivity index (χ0) is 10.7. The van der Waals surface area contributed by atoms with Crippen molar-refractivity contribution >= 4 is 21.4 Å². The van der Waals surface area contributed by atoms with Crippen molar-refractivity contribution in [2.24, 2.45) is 0 Å². The summed E-state index contributed by atoms with van der Waals surface area (Å²) in [4.78, 5) is 0. The van der Waals surface area contributed by atoms with Gasteiger partial charge in [0, 0.05) is 17.8 Å². The lowest BCUT2D eigenvalue weighted by Gasteiger charge is -2.02. The molecule has 0 aliphatic heterocycles. The molecule has 1 nitrogen and oxygen atoms in total. The zero-order valence-electron chi connectivity index (χ0n) is 8.92. The summed E-state index contributed by atoms with van der Waals surface area (Å²) in [6, 6.07) is 8.53. The normalized spacial score (nSPS) is 10.7. The second-order valence-corrected chi connectivity index (χ2v) is 4.73. The Labute approximate surface area is 94.4 Å². The molecule has 1 heterocycles.